The monoisotopic (exact) mass is 284 g/mol. The Kier molecular flexibility index (Phi) is 5.54. The molecule has 0 saturated carbocycles. The Morgan fingerprint density at radius 2 is 1.95 bits per heavy atom. The van der Waals surface area contributed by atoms with Crippen LogP contribution in [0, 0.1) is 6.92 Å². The first-order valence-corrected chi connectivity index (χ1v) is 8.12. The summed E-state index contributed by atoms with van der Waals surface area (Å²) >= 11 is 0. The fraction of sp³-hybridized carbons (Fsp3) is 0.500. The number of sulfone groups is 1. The summed E-state index contributed by atoms with van der Waals surface area (Å²) in [6.07, 6.45) is 0.620. The maximum atomic E-state index is 11.5. The quantitative estimate of drug-likeness (QED) is 0.721. The van der Waals surface area contributed by atoms with Gasteiger partial charge in [0.2, 0.25) is 0 Å². The highest BCUT2D eigenvalue weighted by molar-refractivity contribution is 7.91. The Labute approximate surface area is 114 Å². The van der Waals surface area contributed by atoms with Crippen molar-refractivity contribution in [2.45, 2.75) is 27.2 Å². The van der Waals surface area contributed by atoms with Gasteiger partial charge in [-0.05, 0) is 44.0 Å². The van der Waals surface area contributed by atoms with Crippen LogP contribution in [0.25, 0.3) is 0 Å². The number of carbonyl (C=O) groups excluding carboxylic acids is 1. The number of benzene rings is 1. The van der Waals surface area contributed by atoms with E-state index in [9.17, 15) is 13.2 Å². The van der Waals surface area contributed by atoms with E-state index < -0.39 is 9.84 Å². The Balaban J connectivity index is 2.62. The van der Waals surface area contributed by atoms with Gasteiger partial charge in [0.15, 0.2) is 15.6 Å². The summed E-state index contributed by atoms with van der Waals surface area (Å²) in [5.41, 5.74) is 1.46. The van der Waals surface area contributed by atoms with E-state index in [0.29, 0.717) is 17.7 Å². The molecular formula is C14H20O4S. The standard InChI is InChI=1S/C14H20O4S/c1-4-8-19(16,17)9-7-18-14-6-5-13(12(3)15)10-11(14)2/h5-6,10H,4,7-9H2,1-3H3. The number of ether oxygens (including phenoxy) is 1. The van der Waals surface area contributed by atoms with Gasteiger partial charge in [0.05, 0.1) is 11.5 Å². The maximum Gasteiger partial charge on any atom is 0.159 e. The first-order valence-electron chi connectivity index (χ1n) is 6.30. The van der Waals surface area contributed by atoms with E-state index in [1.54, 1.807) is 18.2 Å². The zero-order chi connectivity index (χ0) is 14.5. The van der Waals surface area contributed by atoms with Gasteiger partial charge in [0.1, 0.15) is 12.4 Å². The maximum absolute atomic E-state index is 11.5. The predicted molar refractivity (Wildman–Crippen MR) is 75.6 cm³/mol. The predicted octanol–water partition coefficient (Wildman–Crippen LogP) is 2.40. The number of carbonyl (C=O) groups is 1. The topological polar surface area (TPSA) is 60.4 Å². The summed E-state index contributed by atoms with van der Waals surface area (Å²) in [4.78, 5) is 11.2. The average molecular weight is 284 g/mol. The molecule has 0 unspecified atom stereocenters. The molecule has 0 aliphatic rings. The van der Waals surface area contributed by atoms with Crippen molar-refractivity contribution in [1.29, 1.82) is 0 Å². The van der Waals surface area contributed by atoms with E-state index in [4.69, 9.17) is 4.74 Å². The third kappa shape index (κ3) is 5.03. The molecule has 1 aromatic rings. The van der Waals surface area contributed by atoms with Gasteiger partial charge in [-0.1, -0.05) is 6.92 Å². The van der Waals surface area contributed by atoms with Crippen LogP contribution in [0.15, 0.2) is 18.2 Å². The number of hydrogen-bond acceptors (Lipinski definition) is 4. The molecular weight excluding hydrogens is 264 g/mol. The Morgan fingerprint density at radius 1 is 1.26 bits per heavy atom. The third-order valence-electron chi connectivity index (χ3n) is 2.75. The zero-order valence-electron chi connectivity index (χ0n) is 11.6. The average Bonchev–Trinajstić information content (AvgIpc) is 2.30. The van der Waals surface area contributed by atoms with Gasteiger partial charge in [-0.15, -0.1) is 0 Å². The summed E-state index contributed by atoms with van der Waals surface area (Å²) < 4.78 is 28.5. The van der Waals surface area contributed by atoms with Crippen LogP contribution in [0.1, 0.15) is 36.2 Å². The van der Waals surface area contributed by atoms with Crippen LogP contribution in [0.3, 0.4) is 0 Å². The van der Waals surface area contributed by atoms with Gasteiger partial charge in [0, 0.05) is 5.56 Å². The van der Waals surface area contributed by atoms with Crippen LogP contribution in [-0.4, -0.2) is 32.3 Å². The van der Waals surface area contributed by atoms with Gasteiger partial charge < -0.3 is 4.74 Å². The smallest absolute Gasteiger partial charge is 0.159 e. The minimum Gasteiger partial charge on any atom is -0.492 e. The molecule has 0 saturated heterocycles. The van der Waals surface area contributed by atoms with Crippen molar-refractivity contribution in [2.75, 3.05) is 18.1 Å². The van der Waals surface area contributed by atoms with Crippen molar-refractivity contribution >= 4 is 15.6 Å². The lowest BCUT2D eigenvalue weighted by Crippen LogP contribution is -2.17. The Bertz CT molecular complexity index is 547. The summed E-state index contributed by atoms with van der Waals surface area (Å²) in [5, 5.41) is 0. The molecule has 1 aromatic carbocycles. The fourth-order valence-electron chi connectivity index (χ4n) is 1.72. The minimum absolute atomic E-state index is 0.000161. The Hall–Kier alpha value is -1.36. The molecule has 19 heavy (non-hydrogen) atoms. The van der Waals surface area contributed by atoms with Gasteiger partial charge in [-0.3, -0.25) is 4.79 Å². The third-order valence-corrected chi connectivity index (χ3v) is 4.57. The van der Waals surface area contributed by atoms with Crippen LogP contribution in [-0.2, 0) is 9.84 Å². The second-order valence-electron chi connectivity index (χ2n) is 4.54. The molecule has 0 heterocycles. The van der Waals surface area contributed by atoms with E-state index in [2.05, 4.69) is 0 Å². The van der Waals surface area contributed by atoms with E-state index in [1.165, 1.54) is 6.92 Å². The van der Waals surface area contributed by atoms with Gasteiger partial charge in [0.25, 0.3) is 0 Å². The lowest BCUT2D eigenvalue weighted by molar-refractivity contribution is 0.101. The highest BCUT2D eigenvalue weighted by Crippen LogP contribution is 2.19. The van der Waals surface area contributed by atoms with Crippen LogP contribution in [0.4, 0.5) is 0 Å². The van der Waals surface area contributed by atoms with Gasteiger partial charge in [-0.2, -0.15) is 0 Å². The SMILES string of the molecule is CCCS(=O)(=O)CCOc1ccc(C(C)=O)cc1C. The largest absolute Gasteiger partial charge is 0.492 e. The first-order chi connectivity index (χ1) is 8.85. The molecule has 0 aliphatic heterocycles. The lowest BCUT2D eigenvalue weighted by Gasteiger charge is -2.10. The lowest BCUT2D eigenvalue weighted by atomic mass is 10.1. The van der Waals surface area contributed by atoms with E-state index >= 15 is 0 Å². The normalized spacial score (nSPS) is 11.3. The van der Waals surface area contributed by atoms with Crippen molar-refractivity contribution < 1.29 is 17.9 Å². The molecule has 0 amide bonds. The number of hydrogen-bond donors (Lipinski definition) is 0. The van der Waals surface area contributed by atoms with Crippen molar-refractivity contribution in [3.05, 3.63) is 29.3 Å². The van der Waals surface area contributed by atoms with Crippen molar-refractivity contribution in [3.8, 4) is 5.75 Å². The number of Topliss-reactive ketones (excluding diaryl/α,β-unsaturated/α-hetero) is 1. The van der Waals surface area contributed by atoms with E-state index in [0.717, 1.165) is 5.56 Å². The molecule has 0 atom stereocenters. The first kappa shape index (κ1) is 15.7. The number of rotatable bonds is 7. The summed E-state index contributed by atoms with van der Waals surface area (Å²) in [6, 6.07) is 5.14. The highest BCUT2D eigenvalue weighted by atomic mass is 32.2. The second kappa shape index (κ2) is 6.70. The Morgan fingerprint density at radius 3 is 2.47 bits per heavy atom. The zero-order valence-corrected chi connectivity index (χ0v) is 12.4. The molecule has 0 bridgehead atoms. The van der Waals surface area contributed by atoms with Crippen molar-refractivity contribution in [1.82, 2.24) is 0 Å². The van der Waals surface area contributed by atoms with Crippen LogP contribution in [0.2, 0.25) is 0 Å². The minimum atomic E-state index is -3.02. The summed E-state index contributed by atoms with van der Waals surface area (Å²) in [7, 11) is -3.02. The fourth-order valence-corrected chi connectivity index (χ4v) is 2.89. The van der Waals surface area contributed by atoms with Crippen LogP contribution >= 0.6 is 0 Å². The molecule has 4 nitrogen and oxygen atoms in total. The molecule has 106 valence electrons. The molecule has 0 radical (unpaired) electrons. The number of aryl methyl sites for hydroxylation is 1. The molecule has 0 spiro atoms. The molecule has 0 aromatic heterocycles. The van der Waals surface area contributed by atoms with E-state index in [-0.39, 0.29) is 23.9 Å². The van der Waals surface area contributed by atoms with Crippen LogP contribution in [0.5, 0.6) is 5.75 Å². The van der Waals surface area contributed by atoms with Gasteiger partial charge >= 0.3 is 0 Å². The molecule has 0 aliphatic carbocycles. The van der Waals surface area contributed by atoms with E-state index in [1.807, 2.05) is 13.8 Å². The highest BCUT2D eigenvalue weighted by Gasteiger charge is 2.10. The van der Waals surface area contributed by atoms with Crippen molar-refractivity contribution in [3.63, 3.8) is 0 Å². The van der Waals surface area contributed by atoms with Crippen LogP contribution < -0.4 is 4.74 Å². The second-order valence-corrected chi connectivity index (χ2v) is 6.84. The molecule has 0 N–H and O–H groups in total. The molecule has 0 fully saturated rings. The molecule has 1 rings (SSSR count). The number of ketones is 1. The molecule has 5 heteroatoms. The van der Waals surface area contributed by atoms with Gasteiger partial charge in [-0.25, -0.2) is 8.42 Å². The summed E-state index contributed by atoms with van der Waals surface area (Å²) in [5.74, 6) is 0.838. The van der Waals surface area contributed by atoms with Crippen molar-refractivity contribution in [2.24, 2.45) is 0 Å². The summed E-state index contributed by atoms with van der Waals surface area (Å²) in [6.45, 7) is 5.32.